The maximum Gasteiger partial charge on any atom is 0.239 e. The first-order chi connectivity index (χ1) is 6.59. The number of nitrogens with zero attached hydrogens (tertiary/aromatic N) is 2. The summed E-state index contributed by atoms with van der Waals surface area (Å²) in [5.74, 6) is 0.271. The quantitative estimate of drug-likeness (QED) is 0.657. The van der Waals surface area contributed by atoms with Crippen LogP contribution in [0.5, 0.6) is 0 Å². The SMILES string of the molecule is CN1CCC(N(C)C2CC(N)C2)C1=O. The molecule has 1 saturated carbocycles. The molecule has 0 aromatic heterocycles. The van der Waals surface area contributed by atoms with Gasteiger partial charge in [0.15, 0.2) is 0 Å². The summed E-state index contributed by atoms with van der Waals surface area (Å²) in [7, 11) is 3.93. The maximum absolute atomic E-state index is 11.7. The molecule has 14 heavy (non-hydrogen) atoms. The number of likely N-dealkylation sites (N-methyl/N-ethyl adjacent to an activating group) is 2. The topological polar surface area (TPSA) is 49.6 Å². The van der Waals surface area contributed by atoms with E-state index in [1.807, 2.05) is 11.9 Å². The van der Waals surface area contributed by atoms with Crippen molar-refractivity contribution < 1.29 is 4.79 Å². The Morgan fingerprint density at radius 2 is 2.14 bits per heavy atom. The molecule has 2 rings (SSSR count). The van der Waals surface area contributed by atoms with Crippen LogP contribution >= 0.6 is 0 Å². The molecule has 0 radical (unpaired) electrons. The number of nitrogens with two attached hydrogens (primary N) is 1. The van der Waals surface area contributed by atoms with Gasteiger partial charge in [0, 0.05) is 25.7 Å². The van der Waals surface area contributed by atoms with Crippen molar-refractivity contribution in [2.24, 2.45) is 5.73 Å². The number of rotatable bonds is 2. The fourth-order valence-electron chi connectivity index (χ4n) is 2.40. The van der Waals surface area contributed by atoms with Crippen LogP contribution < -0.4 is 5.73 Å². The molecule has 2 N–H and O–H groups in total. The van der Waals surface area contributed by atoms with Gasteiger partial charge in [-0.3, -0.25) is 9.69 Å². The summed E-state index contributed by atoms with van der Waals surface area (Å²) >= 11 is 0. The molecular formula is C10H19N3O. The van der Waals surface area contributed by atoms with Crippen LogP contribution in [-0.4, -0.2) is 54.5 Å². The molecule has 1 unspecified atom stereocenters. The third-order valence-electron chi connectivity index (χ3n) is 3.62. The molecule has 0 aromatic rings. The number of hydrogen-bond donors (Lipinski definition) is 1. The Kier molecular flexibility index (Phi) is 2.49. The maximum atomic E-state index is 11.7. The molecule has 1 amide bonds. The van der Waals surface area contributed by atoms with Crippen LogP contribution in [0.25, 0.3) is 0 Å². The second-order valence-electron chi connectivity index (χ2n) is 4.62. The second-order valence-corrected chi connectivity index (χ2v) is 4.62. The van der Waals surface area contributed by atoms with E-state index in [2.05, 4.69) is 11.9 Å². The Bertz CT molecular complexity index is 238. The summed E-state index contributed by atoms with van der Waals surface area (Å²) < 4.78 is 0. The summed E-state index contributed by atoms with van der Waals surface area (Å²) in [6, 6.07) is 1.000. The summed E-state index contributed by atoms with van der Waals surface area (Å²) in [6.07, 6.45) is 3.06. The van der Waals surface area contributed by atoms with Crippen molar-refractivity contribution in [3.63, 3.8) is 0 Å². The van der Waals surface area contributed by atoms with Gasteiger partial charge in [-0.1, -0.05) is 0 Å². The van der Waals surface area contributed by atoms with Gasteiger partial charge in [0.2, 0.25) is 5.91 Å². The van der Waals surface area contributed by atoms with Crippen molar-refractivity contribution in [2.75, 3.05) is 20.6 Å². The lowest BCUT2D eigenvalue weighted by molar-refractivity contribution is -0.131. The number of carbonyl (C=O) groups is 1. The first kappa shape index (κ1) is 9.93. The minimum Gasteiger partial charge on any atom is -0.344 e. The average Bonchev–Trinajstić information content (AvgIpc) is 2.42. The summed E-state index contributed by atoms with van der Waals surface area (Å²) in [6.45, 7) is 0.895. The third-order valence-corrected chi connectivity index (χ3v) is 3.62. The van der Waals surface area contributed by atoms with Crippen molar-refractivity contribution in [3.05, 3.63) is 0 Å². The zero-order valence-electron chi connectivity index (χ0n) is 8.94. The molecule has 1 aliphatic carbocycles. The smallest absolute Gasteiger partial charge is 0.239 e. The van der Waals surface area contributed by atoms with E-state index in [0.717, 1.165) is 25.8 Å². The van der Waals surface area contributed by atoms with Crippen molar-refractivity contribution in [1.82, 2.24) is 9.80 Å². The number of amides is 1. The molecule has 1 saturated heterocycles. The van der Waals surface area contributed by atoms with Gasteiger partial charge in [-0.05, 0) is 26.3 Å². The normalized spacial score (nSPS) is 37.9. The van der Waals surface area contributed by atoms with Crippen LogP contribution in [-0.2, 0) is 4.79 Å². The predicted molar refractivity (Wildman–Crippen MR) is 54.8 cm³/mol. The fraction of sp³-hybridized carbons (Fsp3) is 0.900. The Morgan fingerprint density at radius 3 is 2.57 bits per heavy atom. The molecule has 0 aromatic carbocycles. The molecule has 4 nitrogen and oxygen atoms in total. The van der Waals surface area contributed by atoms with Gasteiger partial charge in [-0.15, -0.1) is 0 Å². The zero-order valence-corrected chi connectivity index (χ0v) is 8.94. The van der Waals surface area contributed by atoms with E-state index in [9.17, 15) is 4.79 Å². The first-order valence-corrected chi connectivity index (χ1v) is 5.32. The van der Waals surface area contributed by atoms with E-state index in [4.69, 9.17) is 5.73 Å². The number of carbonyl (C=O) groups excluding carboxylic acids is 1. The minimum atomic E-state index is 0.109. The number of hydrogen-bond acceptors (Lipinski definition) is 3. The van der Waals surface area contributed by atoms with Crippen LogP contribution in [0.1, 0.15) is 19.3 Å². The van der Waals surface area contributed by atoms with Gasteiger partial charge in [0.05, 0.1) is 6.04 Å². The highest BCUT2D eigenvalue weighted by molar-refractivity contribution is 5.83. The van der Waals surface area contributed by atoms with Crippen molar-refractivity contribution in [3.8, 4) is 0 Å². The van der Waals surface area contributed by atoms with Crippen molar-refractivity contribution >= 4 is 5.91 Å². The largest absolute Gasteiger partial charge is 0.344 e. The minimum absolute atomic E-state index is 0.109. The molecule has 1 heterocycles. The van der Waals surface area contributed by atoms with E-state index in [0.29, 0.717) is 12.1 Å². The summed E-state index contributed by atoms with van der Waals surface area (Å²) in [4.78, 5) is 15.8. The monoisotopic (exact) mass is 197 g/mol. The molecule has 1 aliphatic heterocycles. The highest BCUT2D eigenvalue weighted by atomic mass is 16.2. The van der Waals surface area contributed by atoms with E-state index in [1.54, 1.807) is 0 Å². The lowest BCUT2D eigenvalue weighted by Gasteiger charge is -2.41. The Labute approximate surface area is 85.0 Å². The zero-order chi connectivity index (χ0) is 10.3. The van der Waals surface area contributed by atoms with Gasteiger partial charge in [0.1, 0.15) is 0 Å². The second kappa shape index (κ2) is 3.51. The predicted octanol–water partition coefficient (Wildman–Crippen LogP) is -0.361. The molecule has 1 atom stereocenters. The van der Waals surface area contributed by atoms with Gasteiger partial charge >= 0.3 is 0 Å². The van der Waals surface area contributed by atoms with E-state index >= 15 is 0 Å². The van der Waals surface area contributed by atoms with Crippen LogP contribution in [0.2, 0.25) is 0 Å². The van der Waals surface area contributed by atoms with Crippen molar-refractivity contribution in [2.45, 2.75) is 37.4 Å². The van der Waals surface area contributed by atoms with Crippen molar-refractivity contribution in [1.29, 1.82) is 0 Å². The molecule has 2 aliphatic rings. The highest BCUT2D eigenvalue weighted by Crippen LogP contribution is 2.27. The van der Waals surface area contributed by atoms with Gasteiger partial charge < -0.3 is 10.6 Å². The Morgan fingerprint density at radius 1 is 1.50 bits per heavy atom. The molecule has 80 valence electrons. The van der Waals surface area contributed by atoms with Crippen LogP contribution in [0.3, 0.4) is 0 Å². The lowest BCUT2D eigenvalue weighted by atomic mass is 9.85. The fourth-order valence-corrected chi connectivity index (χ4v) is 2.40. The third kappa shape index (κ3) is 1.53. The molecule has 4 heteroatoms. The van der Waals surface area contributed by atoms with Crippen LogP contribution in [0.15, 0.2) is 0 Å². The lowest BCUT2D eigenvalue weighted by Crippen LogP contribution is -2.54. The summed E-state index contributed by atoms with van der Waals surface area (Å²) in [5, 5.41) is 0. The molecule has 2 fully saturated rings. The van der Waals surface area contributed by atoms with Crippen LogP contribution in [0, 0.1) is 0 Å². The number of likely N-dealkylation sites (tertiary alicyclic amines) is 1. The highest BCUT2D eigenvalue weighted by Gasteiger charge is 2.39. The van der Waals surface area contributed by atoms with Gasteiger partial charge in [-0.25, -0.2) is 0 Å². The standard InChI is InChI=1S/C10H19N3O/c1-12-4-3-9(10(12)14)13(2)8-5-7(11)6-8/h7-9H,3-6,11H2,1-2H3. The Balaban J connectivity index is 1.92. The van der Waals surface area contributed by atoms with Crippen LogP contribution in [0.4, 0.5) is 0 Å². The first-order valence-electron chi connectivity index (χ1n) is 5.32. The molecular weight excluding hydrogens is 178 g/mol. The Hall–Kier alpha value is -0.610. The summed E-state index contributed by atoms with van der Waals surface area (Å²) in [5.41, 5.74) is 5.75. The van der Waals surface area contributed by atoms with E-state index < -0.39 is 0 Å². The molecule has 0 spiro atoms. The van der Waals surface area contributed by atoms with Gasteiger partial charge in [0.25, 0.3) is 0 Å². The van der Waals surface area contributed by atoms with E-state index in [1.165, 1.54) is 0 Å². The van der Waals surface area contributed by atoms with E-state index in [-0.39, 0.29) is 11.9 Å². The average molecular weight is 197 g/mol. The molecule has 0 bridgehead atoms. The van der Waals surface area contributed by atoms with Gasteiger partial charge in [-0.2, -0.15) is 0 Å².